The standard InChI is InChI=1S/C22H24F3N5/c1-4-21(2,3)30-20(26-27-28-30)19(16-9-7-10-17(14-16)22(23,24)25)29-13-12-15-8-5-6-11-18(15)29/h5-11,14,19H,4,12-13H2,1-3H3/t19-/m0/s1. The zero-order chi connectivity index (χ0) is 21.5. The van der Waals surface area contributed by atoms with Crippen LogP contribution in [0.1, 0.15) is 55.7 Å². The fourth-order valence-electron chi connectivity index (χ4n) is 3.93. The summed E-state index contributed by atoms with van der Waals surface area (Å²) in [6, 6.07) is 12.9. The van der Waals surface area contributed by atoms with Crippen molar-refractivity contribution < 1.29 is 13.2 Å². The Labute approximate surface area is 173 Å². The number of hydrogen-bond acceptors (Lipinski definition) is 4. The molecular weight excluding hydrogens is 391 g/mol. The van der Waals surface area contributed by atoms with E-state index in [9.17, 15) is 13.2 Å². The molecule has 0 aliphatic carbocycles. The van der Waals surface area contributed by atoms with Gasteiger partial charge in [-0.3, -0.25) is 0 Å². The molecule has 0 fully saturated rings. The van der Waals surface area contributed by atoms with Gasteiger partial charge in [-0.15, -0.1) is 5.10 Å². The van der Waals surface area contributed by atoms with Crippen LogP contribution in [-0.4, -0.2) is 26.8 Å². The zero-order valence-corrected chi connectivity index (χ0v) is 17.2. The van der Waals surface area contributed by atoms with Gasteiger partial charge < -0.3 is 4.90 Å². The van der Waals surface area contributed by atoms with Crippen molar-refractivity contribution >= 4 is 5.69 Å². The van der Waals surface area contributed by atoms with Crippen molar-refractivity contribution in [1.29, 1.82) is 0 Å². The van der Waals surface area contributed by atoms with Gasteiger partial charge in [-0.2, -0.15) is 13.2 Å². The quantitative estimate of drug-likeness (QED) is 0.589. The monoisotopic (exact) mass is 415 g/mol. The first-order valence-corrected chi connectivity index (χ1v) is 10.0. The molecule has 2 aromatic carbocycles. The summed E-state index contributed by atoms with van der Waals surface area (Å²) in [5, 5.41) is 12.4. The van der Waals surface area contributed by atoms with E-state index < -0.39 is 17.8 Å². The topological polar surface area (TPSA) is 46.8 Å². The lowest BCUT2D eigenvalue weighted by Crippen LogP contribution is -2.35. The van der Waals surface area contributed by atoms with Gasteiger partial charge in [0.15, 0.2) is 5.82 Å². The average molecular weight is 415 g/mol. The normalized spacial score (nSPS) is 15.3. The Kier molecular flexibility index (Phi) is 5.03. The van der Waals surface area contributed by atoms with Crippen molar-refractivity contribution in [3.05, 3.63) is 71.0 Å². The predicted molar refractivity (Wildman–Crippen MR) is 108 cm³/mol. The van der Waals surface area contributed by atoms with Gasteiger partial charge in [-0.1, -0.05) is 37.3 Å². The molecular formula is C22H24F3N5. The van der Waals surface area contributed by atoms with Crippen LogP contribution in [0.2, 0.25) is 0 Å². The summed E-state index contributed by atoms with van der Waals surface area (Å²) >= 11 is 0. The Balaban J connectivity index is 1.90. The number of benzene rings is 2. The SMILES string of the molecule is CCC(C)(C)n1nnnc1[C@H](c1cccc(C(F)(F)F)c1)N1CCc2ccccc21. The number of anilines is 1. The number of hydrogen-bond donors (Lipinski definition) is 0. The fraction of sp³-hybridized carbons (Fsp3) is 0.409. The molecule has 1 atom stereocenters. The molecule has 0 amide bonds. The third-order valence-electron chi connectivity index (χ3n) is 5.94. The smallest absolute Gasteiger partial charge is 0.357 e. The Bertz CT molecular complexity index is 1040. The molecule has 0 saturated carbocycles. The van der Waals surface area contributed by atoms with Gasteiger partial charge in [-0.25, -0.2) is 4.68 Å². The lowest BCUT2D eigenvalue weighted by Gasteiger charge is -2.33. The van der Waals surface area contributed by atoms with E-state index in [4.69, 9.17) is 0 Å². The molecule has 8 heteroatoms. The molecule has 1 aliphatic heterocycles. The molecule has 0 saturated heterocycles. The van der Waals surface area contributed by atoms with Gasteiger partial charge in [-0.05, 0) is 66.4 Å². The second-order valence-corrected chi connectivity index (χ2v) is 8.21. The van der Waals surface area contributed by atoms with Gasteiger partial charge in [0.1, 0.15) is 6.04 Å². The van der Waals surface area contributed by atoms with Gasteiger partial charge in [0, 0.05) is 12.2 Å². The summed E-state index contributed by atoms with van der Waals surface area (Å²) in [4.78, 5) is 2.11. The minimum atomic E-state index is -4.42. The molecule has 3 aromatic rings. The van der Waals surface area contributed by atoms with Crippen LogP contribution in [0.3, 0.4) is 0 Å². The van der Waals surface area contributed by atoms with Crippen LogP contribution in [0.5, 0.6) is 0 Å². The third-order valence-corrected chi connectivity index (χ3v) is 5.94. The van der Waals surface area contributed by atoms with Gasteiger partial charge >= 0.3 is 6.18 Å². The van der Waals surface area contributed by atoms with Gasteiger partial charge in [0.2, 0.25) is 0 Å². The molecule has 0 bridgehead atoms. The van der Waals surface area contributed by atoms with E-state index in [2.05, 4.69) is 26.5 Å². The van der Waals surface area contributed by atoms with Crippen LogP contribution < -0.4 is 4.90 Å². The van der Waals surface area contributed by atoms with Crippen molar-refractivity contribution in [3.63, 3.8) is 0 Å². The molecule has 2 heterocycles. The summed E-state index contributed by atoms with van der Waals surface area (Å²) in [5.74, 6) is 0.540. The third kappa shape index (κ3) is 3.55. The summed E-state index contributed by atoms with van der Waals surface area (Å²) in [5.41, 5.74) is 1.64. The number of halogens is 3. The van der Waals surface area contributed by atoms with Crippen LogP contribution in [-0.2, 0) is 18.1 Å². The molecule has 0 radical (unpaired) electrons. The number of nitrogens with zero attached hydrogens (tertiary/aromatic N) is 5. The number of para-hydroxylation sites is 1. The largest absolute Gasteiger partial charge is 0.416 e. The second-order valence-electron chi connectivity index (χ2n) is 8.21. The minimum absolute atomic E-state index is 0.377. The first-order valence-electron chi connectivity index (χ1n) is 10.0. The first-order chi connectivity index (χ1) is 14.2. The summed E-state index contributed by atoms with van der Waals surface area (Å²) < 4.78 is 42.1. The van der Waals surface area contributed by atoms with Gasteiger partial charge in [0.25, 0.3) is 0 Å². The van der Waals surface area contributed by atoms with Crippen LogP contribution in [0.15, 0.2) is 48.5 Å². The summed E-state index contributed by atoms with van der Waals surface area (Å²) in [6.07, 6.45) is -2.82. The van der Waals surface area contributed by atoms with E-state index in [1.54, 1.807) is 10.7 Å². The van der Waals surface area contributed by atoms with Crippen molar-refractivity contribution in [2.45, 2.75) is 51.4 Å². The molecule has 1 aliphatic rings. The first kappa shape index (κ1) is 20.4. The lowest BCUT2D eigenvalue weighted by molar-refractivity contribution is -0.137. The number of tetrazole rings is 1. The van der Waals surface area contributed by atoms with Crippen LogP contribution >= 0.6 is 0 Å². The number of rotatable bonds is 5. The Morgan fingerprint density at radius 2 is 1.83 bits per heavy atom. The maximum Gasteiger partial charge on any atom is 0.416 e. The van der Waals surface area contributed by atoms with E-state index >= 15 is 0 Å². The summed E-state index contributed by atoms with van der Waals surface area (Å²) in [6.45, 7) is 6.76. The predicted octanol–water partition coefficient (Wildman–Crippen LogP) is 4.99. The Morgan fingerprint density at radius 3 is 2.57 bits per heavy atom. The van der Waals surface area contributed by atoms with E-state index in [1.807, 2.05) is 39.0 Å². The van der Waals surface area contributed by atoms with Crippen molar-refractivity contribution in [3.8, 4) is 0 Å². The van der Waals surface area contributed by atoms with Crippen molar-refractivity contribution in [2.75, 3.05) is 11.4 Å². The van der Waals surface area contributed by atoms with Crippen molar-refractivity contribution in [1.82, 2.24) is 20.2 Å². The molecule has 158 valence electrons. The van der Waals surface area contributed by atoms with Crippen LogP contribution in [0.4, 0.5) is 18.9 Å². The minimum Gasteiger partial charge on any atom is -0.357 e. The maximum atomic E-state index is 13.5. The highest BCUT2D eigenvalue weighted by Gasteiger charge is 2.37. The van der Waals surface area contributed by atoms with E-state index in [1.165, 1.54) is 17.7 Å². The maximum absolute atomic E-state index is 13.5. The number of fused-ring (bicyclic) bond motifs is 1. The molecule has 0 N–H and O–H groups in total. The van der Waals surface area contributed by atoms with Crippen LogP contribution in [0.25, 0.3) is 0 Å². The number of aromatic nitrogens is 4. The van der Waals surface area contributed by atoms with Gasteiger partial charge in [0.05, 0.1) is 11.1 Å². The molecule has 1 aromatic heterocycles. The molecule has 0 unspecified atom stereocenters. The van der Waals surface area contributed by atoms with E-state index in [-0.39, 0.29) is 5.54 Å². The zero-order valence-electron chi connectivity index (χ0n) is 17.2. The second kappa shape index (κ2) is 7.41. The average Bonchev–Trinajstić information content (AvgIpc) is 3.37. The van der Waals surface area contributed by atoms with E-state index in [0.29, 0.717) is 17.9 Å². The highest BCUT2D eigenvalue weighted by Crippen LogP contribution is 2.40. The van der Waals surface area contributed by atoms with Crippen molar-refractivity contribution in [2.24, 2.45) is 0 Å². The highest BCUT2D eigenvalue weighted by molar-refractivity contribution is 5.60. The molecule has 4 rings (SSSR count). The van der Waals surface area contributed by atoms with Crippen LogP contribution in [0, 0.1) is 0 Å². The summed E-state index contributed by atoms with van der Waals surface area (Å²) in [7, 11) is 0. The highest BCUT2D eigenvalue weighted by atomic mass is 19.4. The molecule has 0 spiro atoms. The van der Waals surface area contributed by atoms with E-state index in [0.717, 1.165) is 24.6 Å². The fourth-order valence-corrected chi connectivity index (χ4v) is 3.93. The lowest BCUT2D eigenvalue weighted by atomic mass is 9.98. The molecule has 5 nitrogen and oxygen atoms in total. The number of alkyl halides is 3. The Hall–Kier alpha value is -2.90. The Morgan fingerprint density at radius 1 is 1.07 bits per heavy atom. The molecule has 30 heavy (non-hydrogen) atoms.